The molecule has 134 valence electrons. The van der Waals surface area contributed by atoms with Gasteiger partial charge in [-0.1, -0.05) is 18.2 Å². The Balaban J connectivity index is 1.54. The van der Waals surface area contributed by atoms with Crippen molar-refractivity contribution in [3.8, 4) is 0 Å². The van der Waals surface area contributed by atoms with Crippen molar-refractivity contribution in [2.45, 2.75) is 51.4 Å². The van der Waals surface area contributed by atoms with Crippen LogP contribution in [-0.2, 0) is 33.1 Å². The van der Waals surface area contributed by atoms with E-state index < -0.39 is 0 Å². The molecule has 0 bridgehead atoms. The van der Waals surface area contributed by atoms with Gasteiger partial charge in [-0.15, -0.1) is 0 Å². The Labute approximate surface area is 152 Å². The van der Waals surface area contributed by atoms with Gasteiger partial charge in [-0.2, -0.15) is 5.10 Å². The summed E-state index contributed by atoms with van der Waals surface area (Å²) in [5.41, 5.74) is 5.03. The highest BCUT2D eigenvalue weighted by Gasteiger charge is 2.30. The standard InChI is InChI=1S/C21H24N4O/c1-23-12-15(11-22-23)13-24(18-7-8-18)14-17-10-20(26)25-9-3-5-16-4-2-6-19(17)21(16)25/h2,4,6,10-12,18H,3,5,7-9,13-14H2,1H3. The van der Waals surface area contributed by atoms with E-state index in [1.54, 1.807) is 0 Å². The number of aryl methyl sites for hydroxylation is 3. The fourth-order valence-corrected chi connectivity index (χ4v) is 4.33. The fraction of sp³-hybridized carbons (Fsp3) is 0.429. The van der Waals surface area contributed by atoms with E-state index in [0.717, 1.165) is 32.5 Å². The molecule has 1 fully saturated rings. The first-order valence-electron chi connectivity index (χ1n) is 9.55. The van der Waals surface area contributed by atoms with Crippen LogP contribution in [0.1, 0.15) is 36.0 Å². The summed E-state index contributed by atoms with van der Waals surface area (Å²) in [6.45, 7) is 2.56. The van der Waals surface area contributed by atoms with Gasteiger partial charge in [0.2, 0.25) is 0 Å². The number of hydrogen-bond acceptors (Lipinski definition) is 3. The first kappa shape index (κ1) is 15.8. The van der Waals surface area contributed by atoms with Crippen molar-refractivity contribution < 1.29 is 0 Å². The third kappa shape index (κ3) is 2.76. The molecule has 5 heteroatoms. The Morgan fingerprint density at radius 2 is 2.15 bits per heavy atom. The number of rotatable bonds is 5. The van der Waals surface area contributed by atoms with Gasteiger partial charge in [0.1, 0.15) is 0 Å². The summed E-state index contributed by atoms with van der Waals surface area (Å²) in [6.07, 6.45) is 8.66. The van der Waals surface area contributed by atoms with Crippen LogP contribution in [0.25, 0.3) is 10.9 Å². The van der Waals surface area contributed by atoms with Gasteiger partial charge in [-0.05, 0) is 36.8 Å². The van der Waals surface area contributed by atoms with E-state index in [-0.39, 0.29) is 5.56 Å². The Kier molecular flexibility index (Phi) is 3.71. The Hall–Kier alpha value is -2.40. The second kappa shape index (κ2) is 6.09. The molecule has 0 spiro atoms. The molecule has 0 N–H and O–H groups in total. The number of benzene rings is 1. The van der Waals surface area contributed by atoms with Gasteiger partial charge >= 0.3 is 0 Å². The lowest BCUT2D eigenvalue weighted by Gasteiger charge is -2.25. The average Bonchev–Trinajstić information content (AvgIpc) is 3.41. The first-order chi connectivity index (χ1) is 12.7. The molecule has 0 radical (unpaired) electrons. The molecule has 1 saturated carbocycles. The molecule has 1 aliphatic heterocycles. The van der Waals surface area contributed by atoms with Crippen LogP contribution >= 0.6 is 0 Å². The van der Waals surface area contributed by atoms with E-state index in [2.05, 4.69) is 34.4 Å². The van der Waals surface area contributed by atoms with Crippen molar-refractivity contribution in [3.63, 3.8) is 0 Å². The smallest absolute Gasteiger partial charge is 0.251 e. The maximum absolute atomic E-state index is 12.7. The summed E-state index contributed by atoms with van der Waals surface area (Å²) in [5.74, 6) is 0. The molecule has 0 unspecified atom stereocenters. The van der Waals surface area contributed by atoms with Crippen LogP contribution in [0.4, 0.5) is 0 Å². The fourth-order valence-electron chi connectivity index (χ4n) is 4.33. The molecule has 5 rings (SSSR count). The highest BCUT2D eigenvalue weighted by Crippen LogP contribution is 2.32. The van der Waals surface area contributed by atoms with Crippen molar-refractivity contribution in [1.82, 2.24) is 19.2 Å². The second-order valence-corrected chi connectivity index (χ2v) is 7.73. The third-order valence-corrected chi connectivity index (χ3v) is 5.71. The third-order valence-electron chi connectivity index (χ3n) is 5.71. The van der Waals surface area contributed by atoms with Crippen molar-refractivity contribution in [3.05, 3.63) is 63.7 Å². The van der Waals surface area contributed by atoms with E-state index in [1.165, 1.54) is 40.4 Å². The molecule has 5 nitrogen and oxygen atoms in total. The summed E-state index contributed by atoms with van der Waals surface area (Å²) in [7, 11) is 1.96. The van der Waals surface area contributed by atoms with Crippen molar-refractivity contribution in [2.75, 3.05) is 0 Å². The lowest BCUT2D eigenvalue weighted by atomic mass is 9.98. The summed E-state index contributed by atoms with van der Waals surface area (Å²) in [6, 6.07) is 9.00. The molecule has 1 aromatic carbocycles. The van der Waals surface area contributed by atoms with Gasteiger partial charge in [0.15, 0.2) is 0 Å². The lowest BCUT2D eigenvalue weighted by Crippen LogP contribution is -2.28. The van der Waals surface area contributed by atoms with Gasteiger partial charge in [-0.25, -0.2) is 0 Å². The van der Waals surface area contributed by atoms with Crippen LogP contribution in [0.15, 0.2) is 41.5 Å². The molecular weight excluding hydrogens is 324 g/mol. The number of hydrogen-bond donors (Lipinski definition) is 0. The molecular formula is C21H24N4O. The Bertz CT molecular complexity index is 1030. The molecule has 2 aliphatic rings. The van der Waals surface area contributed by atoms with Gasteiger partial charge in [0.05, 0.1) is 11.7 Å². The van der Waals surface area contributed by atoms with Crippen LogP contribution < -0.4 is 5.56 Å². The molecule has 0 amide bonds. The molecule has 26 heavy (non-hydrogen) atoms. The Morgan fingerprint density at radius 1 is 1.27 bits per heavy atom. The summed E-state index contributed by atoms with van der Waals surface area (Å²) in [5, 5.41) is 5.55. The van der Waals surface area contributed by atoms with Crippen LogP contribution in [-0.4, -0.2) is 25.3 Å². The van der Waals surface area contributed by atoms with E-state index in [0.29, 0.717) is 6.04 Å². The second-order valence-electron chi connectivity index (χ2n) is 7.73. The quantitative estimate of drug-likeness (QED) is 0.712. The molecule has 0 saturated heterocycles. The number of pyridine rings is 1. The van der Waals surface area contributed by atoms with E-state index >= 15 is 0 Å². The zero-order chi connectivity index (χ0) is 17.7. The predicted octanol–water partition coefficient (Wildman–Crippen LogP) is 2.85. The maximum Gasteiger partial charge on any atom is 0.251 e. The molecule has 3 aromatic rings. The lowest BCUT2D eigenvalue weighted by molar-refractivity contribution is 0.246. The van der Waals surface area contributed by atoms with E-state index in [4.69, 9.17) is 0 Å². The topological polar surface area (TPSA) is 43.1 Å². The predicted molar refractivity (Wildman–Crippen MR) is 102 cm³/mol. The zero-order valence-corrected chi connectivity index (χ0v) is 15.2. The van der Waals surface area contributed by atoms with Gasteiger partial charge in [0, 0.05) is 55.9 Å². The molecule has 1 aliphatic carbocycles. The SMILES string of the molecule is Cn1cc(CN(Cc2cc(=O)n3c4c(cccc24)CCC3)C2CC2)cn1. The minimum absolute atomic E-state index is 0.150. The van der Waals surface area contributed by atoms with E-state index in [9.17, 15) is 4.79 Å². The van der Waals surface area contributed by atoms with Crippen molar-refractivity contribution in [2.24, 2.45) is 7.05 Å². The normalized spacial score (nSPS) is 16.5. The summed E-state index contributed by atoms with van der Waals surface area (Å²) in [4.78, 5) is 15.2. The largest absolute Gasteiger partial charge is 0.308 e. The molecule has 2 aromatic heterocycles. The van der Waals surface area contributed by atoms with Crippen molar-refractivity contribution in [1.29, 1.82) is 0 Å². The minimum Gasteiger partial charge on any atom is -0.308 e. The minimum atomic E-state index is 0.150. The Morgan fingerprint density at radius 3 is 2.92 bits per heavy atom. The highest BCUT2D eigenvalue weighted by molar-refractivity contribution is 5.86. The summed E-state index contributed by atoms with van der Waals surface area (Å²) < 4.78 is 3.83. The monoisotopic (exact) mass is 348 g/mol. The van der Waals surface area contributed by atoms with Crippen molar-refractivity contribution >= 4 is 10.9 Å². The molecule has 0 atom stereocenters. The number of aromatic nitrogens is 3. The number of nitrogens with zero attached hydrogens (tertiary/aromatic N) is 4. The van der Waals surface area contributed by atoms with E-state index in [1.807, 2.05) is 28.6 Å². The van der Waals surface area contributed by atoms with Crippen LogP contribution in [0, 0.1) is 0 Å². The highest BCUT2D eigenvalue weighted by atomic mass is 16.1. The van der Waals surface area contributed by atoms with Crippen LogP contribution in [0.3, 0.4) is 0 Å². The first-order valence-corrected chi connectivity index (χ1v) is 9.55. The van der Waals surface area contributed by atoms with Crippen LogP contribution in [0.5, 0.6) is 0 Å². The molecule has 3 heterocycles. The average molecular weight is 348 g/mol. The van der Waals surface area contributed by atoms with Crippen LogP contribution in [0.2, 0.25) is 0 Å². The maximum atomic E-state index is 12.7. The van der Waals surface area contributed by atoms with Gasteiger partial charge in [0.25, 0.3) is 5.56 Å². The van der Waals surface area contributed by atoms with Gasteiger partial charge in [-0.3, -0.25) is 14.4 Å². The number of para-hydroxylation sites is 1. The van der Waals surface area contributed by atoms with Gasteiger partial charge < -0.3 is 4.57 Å². The zero-order valence-electron chi connectivity index (χ0n) is 15.2. The summed E-state index contributed by atoms with van der Waals surface area (Å²) >= 11 is 0.